The Hall–Kier alpha value is -3.34. The summed E-state index contributed by atoms with van der Waals surface area (Å²) in [6.07, 6.45) is -1.01. The van der Waals surface area contributed by atoms with E-state index < -0.39 is 18.0 Å². The molecule has 1 aromatic carbocycles. The Morgan fingerprint density at radius 2 is 1.70 bits per heavy atom. The SMILES string of the molecule is CC(=O)Nc1ccc(NC(=O)[C@@H](C)OC(=O)CSCC(=O)Nc2cc(C)on2)cc1. The molecule has 11 heteroatoms. The molecule has 2 rings (SSSR count). The van der Waals surface area contributed by atoms with Crippen molar-refractivity contribution in [3.05, 3.63) is 36.1 Å². The molecule has 1 aromatic heterocycles. The molecule has 0 fully saturated rings. The van der Waals surface area contributed by atoms with Crippen molar-refractivity contribution in [2.75, 3.05) is 27.5 Å². The highest BCUT2D eigenvalue weighted by Crippen LogP contribution is 2.14. The normalized spacial score (nSPS) is 11.3. The molecule has 1 heterocycles. The number of anilines is 3. The number of esters is 1. The van der Waals surface area contributed by atoms with E-state index in [1.807, 2.05) is 0 Å². The van der Waals surface area contributed by atoms with Gasteiger partial charge in [-0.2, -0.15) is 0 Å². The zero-order chi connectivity index (χ0) is 22.1. The van der Waals surface area contributed by atoms with Gasteiger partial charge in [-0.1, -0.05) is 5.16 Å². The predicted octanol–water partition coefficient (Wildman–Crippen LogP) is 2.18. The summed E-state index contributed by atoms with van der Waals surface area (Å²) in [5, 5.41) is 11.4. The fourth-order valence-electron chi connectivity index (χ4n) is 2.20. The second-order valence-corrected chi connectivity index (χ2v) is 7.23. The van der Waals surface area contributed by atoms with Gasteiger partial charge in [0.15, 0.2) is 11.9 Å². The van der Waals surface area contributed by atoms with E-state index in [0.717, 1.165) is 11.8 Å². The number of carbonyl (C=O) groups excluding carboxylic acids is 4. The summed E-state index contributed by atoms with van der Waals surface area (Å²) in [5.74, 6) is -0.858. The first kappa shape index (κ1) is 22.9. The van der Waals surface area contributed by atoms with Crippen LogP contribution in [0.4, 0.5) is 17.2 Å². The standard InChI is InChI=1S/C19H22N4O6S/c1-11-8-16(23-29-11)22-17(25)9-30-10-18(26)28-12(2)19(27)21-15-6-4-14(5-7-15)20-13(3)24/h4-8,12H,9-10H2,1-3H3,(H,20,24)(H,21,27)(H,22,23,25)/t12-/m1/s1. The average molecular weight is 434 g/mol. The summed E-state index contributed by atoms with van der Waals surface area (Å²) in [6, 6.07) is 8.07. The van der Waals surface area contributed by atoms with Gasteiger partial charge < -0.3 is 25.2 Å². The molecule has 0 radical (unpaired) electrons. The molecule has 0 aliphatic carbocycles. The van der Waals surface area contributed by atoms with E-state index in [1.165, 1.54) is 13.8 Å². The van der Waals surface area contributed by atoms with Crippen molar-refractivity contribution >= 4 is 52.6 Å². The van der Waals surface area contributed by atoms with Crippen molar-refractivity contribution in [2.24, 2.45) is 0 Å². The van der Waals surface area contributed by atoms with Crippen molar-refractivity contribution in [2.45, 2.75) is 26.9 Å². The number of carbonyl (C=O) groups is 4. The number of nitrogens with zero attached hydrogens (tertiary/aromatic N) is 1. The van der Waals surface area contributed by atoms with Crippen LogP contribution in [0.25, 0.3) is 0 Å². The number of thioether (sulfide) groups is 1. The van der Waals surface area contributed by atoms with Crippen molar-refractivity contribution in [1.82, 2.24) is 5.16 Å². The Labute approximate surface area is 177 Å². The summed E-state index contributed by atoms with van der Waals surface area (Å²) in [6.45, 7) is 4.54. The fraction of sp³-hybridized carbons (Fsp3) is 0.316. The van der Waals surface area contributed by atoms with Crippen LogP contribution in [0.3, 0.4) is 0 Å². The van der Waals surface area contributed by atoms with Gasteiger partial charge in [0.1, 0.15) is 5.76 Å². The van der Waals surface area contributed by atoms with Crippen molar-refractivity contribution in [3.8, 4) is 0 Å². The van der Waals surface area contributed by atoms with Gasteiger partial charge in [-0.3, -0.25) is 19.2 Å². The molecule has 0 saturated carbocycles. The summed E-state index contributed by atoms with van der Waals surface area (Å²) in [7, 11) is 0. The maximum absolute atomic E-state index is 12.2. The van der Waals surface area contributed by atoms with Crippen LogP contribution in [0, 0.1) is 6.92 Å². The third-order valence-corrected chi connectivity index (χ3v) is 4.40. The summed E-state index contributed by atoms with van der Waals surface area (Å²) in [5.41, 5.74) is 1.09. The summed E-state index contributed by atoms with van der Waals surface area (Å²) < 4.78 is 9.91. The van der Waals surface area contributed by atoms with Crippen molar-refractivity contribution < 1.29 is 28.4 Å². The third kappa shape index (κ3) is 7.95. The minimum Gasteiger partial charge on any atom is -0.452 e. The molecular weight excluding hydrogens is 412 g/mol. The highest BCUT2D eigenvalue weighted by atomic mass is 32.2. The molecule has 160 valence electrons. The molecule has 10 nitrogen and oxygen atoms in total. The van der Waals surface area contributed by atoms with Crippen LogP contribution in [0.1, 0.15) is 19.6 Å². The Bertz CT molecular complexity index is 912. The third-order valence-electron chi connectivity index (χ3n) is 3.50. The van der Waals surface area contributed by atoms with E-state index in [9.17, 15) is 19.2 Å². The molecule has 2 aromatic rings. The van der Waals surface area contributed by atoms with Gasteiger partial charge in [-0.05, 0) is 38.1 Å². The van der Waals surface area contributed by atoms with E-state index in [4.69, 9.17) is 9.26 Å². The van der Waals surface area contributed by atoms with Crippen LogP contribution >= 0.6 is 11.8 Å². The number of ether oxygens (including phenoxy) is 1. The zero-order valence-corrected chi connectivity index (χ0v) is 17.5. The lowest BCUT2D eigenvalue weighted by Crippen LogP contribution is -2.30. The molecule has 0 saturated heterocycles. The Morgan fingerprint density at radius 1 is 1.07 bits per heavy atom. The van der Waals surface area contributed by atoms with E-state index in [-0.39, 0.29) is 23.3 Å². The lowest BCUT2D eigenvalue weighted by molar-refractivity contribution is -0.150. The number of aromatic nitrogens is 1. The number of hydrogen-bond acceptors (Lipinski definition) is 8. The average Bonchev–Trinajstić information content (AvgIpc) is 3.07. The Kier molecular flexibility index (Phi) is 8.41. The van der Waals surface area contributed by atoms with Crippen LogP contribution in [0.5, 0.6) is 0 Å². The van der Waals surface area contributed by atoms with Gasteiger partial charge in [0.25, 0.3) is 5.91 Å². The lowest BCUT2D eigenvalue weighted by Gasteiger charge is -2.13. The second-order valence-electron chi connectivity index (χ2n) is 6.24. The molecule has 0 unspecified atom stereocenters. The maximum Gasteiger partial charge on any atom is 0.316 e. The zero-order valence-electron chi connectivity index (χ0n) is 16.7. The Morgan fingerprint density at radius 3 is 2.27 bits per heavy atom. The molecule has 3 amide bonds. The number of benzene rings is 1. The predicted molar refractivity (Wildman–Crippen MR) is 112 cm³/mol. The quantitative estimate of drug-likeness (QED) is 0.510. The minimum absolute atomic E-state index is 0.0161. The molecule has 0 spiro atoms. The van der Waals surface area contributed by atoms with Gasteiger partial charge in [0.2, 0.25) is 11.8 Å². The highest BCUT2D eigenvalue weighted by molar-refractivity contribution is 8.00. The molecule has 0 bridgehead atoms. The molecule has 0 aliphatic heterocycles. The number of nitrogens with one attached hydrogen (secondary N) is 3. The molecule has 0 aliphatic rings. The highest BCUT2D eigenvalue weighted by Gasteiger charge is 2.18. The van der Waals surface area contributed by atoms with Crippen LogP contribution in [-0.2, 0) is 23.9 Å². The summed E-state index contributed by atoms with van der Waals surface area (Å²) in [4.78, 5) is 46.8. The van der Waals surface area contributed by atoms with E-state index in [2.05, 4.69) is 21.1 Å². The first-order chi connectivity index (χ1) is 14.2. The van der Waals surface area contributed by atoms with E-state index in [1.54, 1.807) is 37.3 Å². The van der Waals surface area contributed by atoms with Gasteiger partial charge in [-0.15, -0.1) is 11.8 Å². The fourth-order valence-corrected chi connectivity index (χ4v) is 2.79. The van der Waals surface area contributed by atoms with E-state index >= 15 is 0 Å². The largest absolute Gasteiger partial charge is 0.452 e. The molecule has 3 N–H and O–H groups in total. The smallest absolute Gasteiger partial charge is 0.316 e. The number of rotatable bonds is 9. The van der Waals surface area contributed by atoms with Crippen molar-refractivity contribution in [1.29, 1.82) is 0 Å². The van der Waals surface area contributed by atoms with Crippen LogP contribution < -0.4 is 16.0 Å². The maximum atomic E-state index is 12.2. The summed E-state index contributed by atoms with van der Waals surface area (Å²) >= 11 is 1.05. The molecule has 1 atom stereocenters. The van der Waals surface area contributed by atoms with Gasteiger partial charge in [0.05, 0.1) is 11.5 Å². The topological polar surface area (TPSA) is 140 Å². The minimum atomic E-state index is -1.01. The molecular formula is C19H22N4O6S. The molecule has 30 heavy (non-hydrogen) atoms. The van der Waals surface area contributed by atoms with Crippen LogP contribution in [-0.4, -0.2) is 46.5 Å². The van der Waals surface area contributed by atoms with E-state index in [0.29, 0.717) is 23.0 Å². The van der Waals surface area contributed by atoms with Gasteiger partial charge >= 0.3 is 5.97 Å². The number of amides is 3. The van der Waals surface area contributed by atoms with Crippen molar-refractivity contribution in [3.63, 3.8) is 0 Å². The monoisotopic (exact) mass is 434 g/mol. The lowest BCUT2D eigenvalue weighted by atomic mass is 10.2. The first-order valence-electron chi connectivity index (χ1n) is 8.92. The van der Waals surface area contributed by atoms with Gasteiger partial charge in [0, 0.05) is 24.4 Å². The second kappa shape index (κ2) is 11.0. The van der Waals surface area contributed by atoms with Crippen LogP contribution in [0.2, 0.25) is 0 Å². The number of hydrogen-bond donors (Lipinski definition) is 3. The van der Waals surface area contributed by atoms with Crippen LogP contribution in [0.15, 0.2) is 34.9 Å². The Balaban J connectivity index is 1.69. The first-order valence-corrected chi connectivity index (χ1v) is 10.1. The van der Waals surface area contributed by atoms with Gasteiger partial charge in [-0.25, -0.2) is 0 Å². The number of aryl methyl sites for hydroxylation is 1.